The quantitative estimate of drug-likeness (QED) is 0.863. The molecule has 24 heavy (non-hydrogen) atoms. The summed E-state index contributed by atoms with van der Waals surface area (Å²) in [4.78, 5) is 27.9. The van der Waals surface area contributed by atoms with Crippen LogP contribution in [-0.2, 0) is 9.59 Å². The Morgan fingerprint density at radius 3 is 2.33 bits per heavy atom. The average Bonchev–Trinajstić information content (AvgIpc) is 3.16. The smallest absolute Gasteiger partial charge is 0.281 e. The van der Waals surface area contributed by atoms with Crippen LogP contribution in [0.3, 0.4) is 0 Å². The molecule has 0 spiro atoms. The summed E-state index contributed by atoms with van der Waals surface area (Å²) in [5.41, 5.74) is 2.03. The zero-order valence-corrected chi connectivity index (χ0v) is 14.9. The maximum atomic E-state index is 13.0. The van der Waals surface area contributed by atoms with E-state index in [9.17, 15) is 9.59 Å². The number of hydrogen-bond acceptors (Lipinski definition) is 2. The Morgan fingerprint density at radius 2 is 1.71 bits per heavy atom. The molecule has 1 aromatic heterocycles. The number of nitrogens with zero attached hydrogens (tertiary/aromatic N) is 2. The number of rotatable bonds is 3. The Labute approximate surface area is 144 Å². The second-order valence-electron chi connectivity index (χ2n) is 7.90. The molecule has 1 saturated carbocycles. The highest BCUT2D eigenvalue weighted by atomic mass is 16.2. The van der Waals surface area contributed by atoms with Gasteiger partial charge in [0.2, 0.25) is 5.91 Å². The summed E-state index contributed by atoms with van der Waals surface area (Å²) in [5.74, 6) is 0.147. The molecule has 5 heteroatoms. The molecule has 1 N–H and O–H groups in total. The van der Waals surface area contributed by atoms with Crippen LogP contribution in [0, 0.1) is 16.7 Å². The zero-order valence-electron chi connectivity index (χ0n) is 14.9. The normalized spacial score (nSPS) is 28.8. The molecule has 0 radical (unpaired) electrons. The number of hydrogen-bond donors (Lipinski definition) is 1. The molecular weight excluding hydrogens is 302 g/mol. The Hall–Kier alpha value is -1.91. The number of nitrogens with one attached hydrogen (secondary N) is 1. The third-order valence-electron chi connectivity index (χ3n) is 6.39. The molecule has 2 amide bonds. The molecule has 2 heterocycles. The van der Waals surface area contributed by atoms with Crippen molar-refractivity contribution in [1.29, 1.82) is 0 Å². The fourth-order valence-electron chi connectivity index (χ4n) is 4.21. The van der Waals surface area contributed by atoms with Crippen molar-refractivity contribution in [3.63, 3.8) is 0 Å². The monoisotopic (exact) mass is 330 g/mol. The van der Waals surface area contributed by atoms with Gasteiger partial charge in [0.1, 0.15) is 0 Å². The second kappa shape index (κ2) is 6.19. The van der Waals surface area contributed by atoms with E-state index in [1.165, 1.54) is 0 Å². The van der Waals surface area contributed by atoms with E-state index in [1.54, 1.807) is 4.68 Å². The van der Waals surface area contributed by atoms with Gasteiger partial charge in [0, 0.05) is 31.1 Å². The van der Waals surface area contributed by atoms with Gasteiger partial charge in [0.15, 0.2) is 12.4 Å². The maximum Gasteiger partial charge on any atom is 0.281 e. The molecule has 2 fully saturated rings. The molecule has 2 aliphatic rings. The Balaban J connectivity index is 1.78. The number of pyridine rings is 1. The summed E-state index contributed by atoms with van der Waals surface area (Å²) >= 11 is 0. The van der Waals surface area contributed by atoms with Crippen LogP contribution in [0.2, 0.25) is 0 Å². The lowest BCUT2D eigenvalue weighted by Gasteiger charge is -2.39. The van der Waals surface area contributed by atoms with E-state index >= 15 is 0 Å². The van der Waals surface area contributed by atoms with Gasteiger partial charge in [-0.3, -0.25) is 9.59 Å². The molecule has 1 aliphatic carbocycles. The number of carbonyl (C=O) groups is 2. The molecule has 1 aromatic rings. The molecule has 130 valence electrons. The zero-order chi connectivity index (χ0) is 17.4. The minimum atomic E-state index is -0.560. The Kier molecular flexibility index (Phi) is 4.37. The van der Waals surface area contributed by atoms with E-state index in [1.807, 2.05) is 42.4 Å². The van der Waals surface area contributed by atoms with Crippen molar-refractivity contribution >= 4 is 11.8 Å². The first-order valence-corrected chi connectivity index (χ1v) is 8.93. The first-order chi connectivity index (χ1) is 11.4. The summed E-state index contributed by atoms with van der Waals surface area (Å²) in [6.45, 7) is 7.90. The number of amides is 2. The fourth-order valence-corrected chi connectivity index (χ4v) is 4.21. The Bertz CT molecular complexity index is 623. The van der Waals surface area contributed by atoms with Gasteiger partial charge in [-0.15, -0.1) is 5.43 Å². The fraction of sp³-hybridized carbons (Fsp3) is 0.632. The highest BCUT2D eigenvalue weighted by Gasteiger charge is 2.59. The van der Waals surface area contributed by atoms with Crippen LogP contribution < -0.4 is 10.1 Å². The minimum absolute atomic E-state index is 0.0135. The highest BCUT2D eigenvalue weighted by Crippen LogP contribution is 2.56. The van der Waals surface area contributed by atoms with Crippen molar-refractivity contribution in [3.05, 3.63) is 30.6 Å². The van der Waals surface area contributed by atoms with Gasteiger partial charge in [-0.05, 0) is 31.1 Å². The van der Waals surface area contributed by atoms with Crippen LogP contribution in [0.1, 0.15) is 46.5 Å². The molecule has 5 nitrogen and oxygen atoms in total. The van der Waals surface area contributed by atoms with Crippen molar-refractivity contribution in [2.75, 3.05) is 18.5 Å². The van der Waals surface area contributed by atoms with E-state index in [0.717, 1.165) is 38.8 Å². The molecule has 0 bridgehead atoms. The third kappa shape index (κ3) is 2.70. The third-order valence-corrected chi connectivity index (χ3v) is 6.39. The summed E-state index contributed by atoms with van der Waals surface area (Å²) in [6.07, 6.45) is 7.35. The van der Waals surface area contributed by atoms with Gasteiger partial charge in [-0.1, -0.05) is 31.5 Å². The largest absolute Gasteiger partial charge is 0.342 e. The van der Waals surface area contributed by atoms with Crippen LogP contribution >= 0.6 is 0 Å². The van der Waals surface area contributed by atoms with Crippen LogP contribution in [0.4, 0.5) is 0 Å². The first-order valence-electron chi connectivity index (χ1n) is 8.93. The van der Waals surface area contributed by atoms with Gasteiger partial charge in [-0.2, -0.15) is 0 Å². The van der Waals surface area contributed by atoms with E-state index < -0.39 is 5.41 Å². The average molecular weight is 330 g/mol. The predicted molar refractivity (Wildman–Crippen MR) is 91.4 cm³/mol. The first kappa shape index (κ1) is 16.9. The van der Waals surface area contributed by atoms with Crippen LogP contribution in [0.25, 0.3) is 0 Å². The van der Waals surface area contributed by atoms with E-state index in [2.05, 4.69) is 19.3 Å². The summed E-state index contributed by atoms with van der Waals surface area (Å²) < 4.78 is 1.68. The van der Waals surface area contributed by atoms with E-state index in [4.69, 9.17) is 0 Å². The summed E-state index contributed by atoms with van der Waals surface area (Å²) in [7, 11) is 0. The van der Waals surface area contributed by atoms with Gasteiger partial charge in [0.25, 0.3) is 5.91 Å². The Morgan fingerprint density at radius 1 is 1.08 bits per heavy atom. The molecule has 1 aliphatic heterocycles. The van der Waals surface area contributed by atoms with Crippen LogP contribution in [-0.4, -0.2) is 29.8 Å². The number of carbonyl (C=O) groups excluding carboxylic acids is 2. The van der Waals surface area contributed by atoms with Crippen molar-refractivity contribution in [2.45, 2.75) is 46.5 Å². The summed E-state index contributed by atoms with van der Waals surface area (Å²) in [5, 5.41) is 0. The second-order valence-corrected chi connectivity index (χ2v) is 7.90. The van der Waals surface area contributed by atoms with E-state index in [-0.39, 0.29) is 23.1 Å². The molecule has 2 atom stereocenters. The van der Waals surface area contributed by atoms with E-state index in [0.29, 0.717) is 0 Å². The SMILES string of the molecule is CC1(C)[C@@H](C(=O)N2CCCC2)CC[C@@]1(C)C(=O)N[n+]1ccccc1. The predicted octanol–water partition coefficient (Wildman–Crippen LogP) is 2.11. The van der Waals surface area contributed by atoms with Crippen LogP contribution in [0.5, 0.6) is 0 Å². The molecular formula is C19H28N3O2+. The molecule has 1 saturated heterocycles. The number of likely N-dealkylation sites (tertiary alicyclic amines) is 1. The van der Waals surface area contributed by atoms with Gasteiger partial charge >= 0.3 is 0 Å². The van der Waals surface area contributed by atoms with Crippen molar-refractivity contribution in [3.8, 4) is 0 Å². The highest BCUT2D eigenvalue weighted by molar-refractivity contribution is 5.91. The van der Waals surface area contributed by atoms with Gasteiger partial charge in [-0.25, -0.2) is 0 Å². The lowest BCUT2D eigenvalue weighted by molar-refractivity contribution is -0.642. The van der Waals surface area contributed by atoms with Gasteiger partial charge in [0.05, 0.1) is 5.41 Å². The lowest BCUT2D eigenvalue weighted by atomic mass is 9.65. The maximum absolute atomic E-state index is 13.0. The molecule has 3 rings (SSSR count). The van der Waals surface area contributed by atoms with Crippen LogP contribution in [0.15, 0.2) is 30.6 Å². The molecule has 0 aromatic carbocycles. The topological polar surface area (TPSA) is 53.3 Å². The summed E-state index contributed by atoms with van der Waals surface area (Å²) in [6, 6.07) is 5.67. The van der Waals surface area contributed by atoms with Crippen molar-refractivity contribution in [2.24, 2.45) is 16.7 Å². The standard InChI is InChI=1S/C19H27N3O2/c1-18(2)15(16(23)21-11-7-8-12-21)9-10-19(18,3)17(24)20-22-13-5-4-6-14-22/h4-6,13-15H,7-12H2,1-3H3/p+1/t15-,19+/m1/s1. The number of aromatic nitrogens is 1. The minimum Gasteiger partial charge on any atom is -0.342 e. The van der Waals surface area contributed by atoms with Gasteiger partial charge < -0.3 is 4.90 Å². The van der Waals surface area contributed by atoms with Crippen molar-refractivity contribution in [1.82, 2.24) is 4.90 Å². The van der Waals surface area contributed by atoms with Crippen molar-refractivity contribution < 1.29 is 14.3 Å². The lowest BCUT2D eigenvalue weighted by Crippen LogP contribution is -2.56. The molecule has 0 unspecified atom stereocenters.